The Labute approximate surface area is 124 Å². The number of benzene rings is 2. The third kappa shape index (κ3) is 2.48. The number of nitrogens with two attached hydrogens (primary N) is 1. The highest BCUT2D eigenvalue weighted by atomic mass is 35.5. The first-order chi connectivity index (χ1) is 10.1. The summed E-state index contributed by atoms with van der Waals surface area (Å²) in [7, 11) is 0. The van der Waals surface area contributed by atoms with Crippen LogP contribution in [-0.2, 0) is 0 Å². The molecule has 3 aromatic rings. The van der Waals surface area contributed by atoms with E-state index in [1.165, 1.54) is 0 Å². The Bertz CT molecular complexity index is 813. The smallest absolute Gasteiger partial charge is 0.151 e. The minimum absolute atomic E-state index is 0.00740. The van der Waals surface area contributed by atoms with E-state index in [9.17, 15) is 8.78 Å². The van der Waals surface area contributed by atoms with E-state index in [1.807, 2.05) is 0 Å². The van der Waals surface area contributed by atoms with Crippen molar-refractivity contribution < 1.29 is 8.78 Å². The maximum absolute atomic E-state index is 13.8. The summed E-state index contributed by atoms with van der Waals surface area (Å²) in [6.45, 7) is 0. The van der Waals surface area contributed by atoms with Crippen LogP contribution in [0.2, 0.25) is 5.02 Å². The van der Waals surface area contributed by atoms with E-state index in [4.69, 9.17) is 17.3 Å². The van der Waals surface area contributed by atoms with Gasteiger partial charge in [-0.1, -0.05) is 11.6 Å². The molecule has 0 bridgehead atoms. The summed E-state index contributed by atoms with van der Waals surface area (Å²) in [5, 5.41) is 3.55. The zero-order valence-corrected chi connectivity index (χ0v) is 11.5. The number of fused-ring (bicyclic) bond motifs is 1. The van der Waals surface area contributed by atoms with E-state index in [-0.39, 0.29) is 10.7 Å². The second kappa shape index (κ2) is 5.18. The summed E-state index contributed by atoms with van der Waals surface area (Å²) in [6, 6.07) is 8.72. The topological polar surface area (TPSA) is 50.9 Å². The summed E-state index contributed by atoms with van der Waals surface area (Å²) in [6.07, 6.45) is 1.62. The van der Waals surface area contributed by atoms with Crippen molar-refractivity contribution in [3.05, 3.63) is 59.3 Å². The first-order valence-corrected chi connectivity index (χ1v) is 6.49. The minimum Gasteiger partial charge on any atom is -0.397 e. The fourth-order valence-electron chi connectivity index (χ4n) is 2.10. The second-order valence-electron chi connectivity index (χ2n) is 4.47. The third-order valence-corrected chi connectivity index (χ3v) is 3.37. The largest absolute Gasteiger partial charge is 0.397 e. The van der Waals surface area contributed by atoms with Crippen molar-refractivity contribution in [2.24, 2.45) is 0 Å². The Morgan fingerprint density at radius 1 is 1.14 bits per heavy atom. The van der Waals surface area contributed by atoms with Crippen molar-refractivity contribution in [3.63, 3.8) is 0 Å². The SMILES string of the molecule is Nc1ccc(Nc2c(F)cc(F)cc2Cl)c2cccnc12. The molecule has 106 valence electrons. The molecule has 0 radical (unpaired) electrons. The van der Waals surface area contributed by atoms with E-state index in [1.54, 1.807) is 30.5 Å². The number of rotatable bonds is 2. The van der Waals surface area contributed by atoms with Crippen LogP contribution in [0.3, 0.4) is 0 Å². The summed E-state index contributed by atoms with van der Waals surface area (Å²) >= 11 is 5.88. The van der Waals surface area contributed by atoms with Crippen LogP contribution in [0.1, 0.15) is 0 Å². The number of hydrogen-bond acceptors (Lipinski definition) is 3. The molecule has 6 heteroatoms. The molecule has 0 unspecified atom stereocenters. The number of aromatic nitrogens is 1. The fraction of sp³-hybridized carbons (Fsp3) is 0. The Morgan fingerprint density at radius 3 is 2.71 bits per heavy atom. The van der Waals surface area contributed by atoms with Crippen molar-refractivity contribution >= 4 is 39.6 Å². The lowest BCUT2D eigenvalue weighted by Crippen LogP contribution is -1.98. The molecule has 0 spiro atoms. The predicted molar refractivity (Wildman–Crippen MR) is 80.8 cm³/mol. The van der Waals surface area contributed by atoms with E-state index < -0.39 is 11.6 Å². The number of nitrogens with zero attached hydrogens (tertiary/aromatic N) is 1. The van der Waals surface area contributed by atoms with Crippen molar-refractivity contribution in [2.45, 2.75) is 0 Å². The molecule has 0 fully saturated rings. The molecule has 3 rings (SSSR count). The Kier molecular flexibility index (Phi) is 3.35. The van der Waals surface area contributed by atoms with Crippen molar-refractivity contribution in [2.75, 3.05) is 11.1 Å². The standard InChI is InChI=1S/C15H10ClF2N3/c16-10-6-8(17)7-11(18)15(10)21-13-4-3-12(19)14-9(13)2-1-5-20-14/h1-7,21H,19H2. The fourth-order valence-corrected chi connectivity index (χ4v) is 2.34. The summed E-state index contributed by atoms with van der Waals surface area (Å²) in [5.74, 6) is -1.50. The molecule has 3 nitrogen and oxygen atoms in total. The van der Waals surface area contributed by atoms with Gasteiger partial charge in [-0.3, -0.25) is 4.98 Å². The molecular formula is C15H10ClF2N3. The van der Waals surface area contributed by atoms with Gasteiger partial charge in [-0.25, -0.2) is 8.78 Å². The van der Waals surface area contributed by atoms with Gasteiger partial charge in [0.05, 0.1) is 21.9 Å². The summed E-state index contributed by atoms with van der Waals surface area (Å²) in [5.41, 5.74) is 7.56. The molecule has 3 N–H and O–H groups in total. The molecule has 0 amide bonds. The molecule has 0 saturated carbocycles. The van der Waals surface area contributed by atoms with Gasteiger partial charge < -0.3 is 11.1 Å². The number of nitrogen functional groups attached to an aromatic ring is 1. The molecule has 0 aliphatic carbocycles. The molecule has 1 heterocycles. The van der Waals surface area contributed by atoms with Gasteiger partial charge in [0.1, 0.15) is 5.82 Å². The van der Waals surface area contributed by atoms with Crippen LogP contribution >= 0.6 is 11.6 Å². The molecule has 21 heavy (non-hydrogen) atoms. The molecule has 0 atom stereocenters. The molecule has 0 aliphatic rings. The van der Waals surface area contributed by atoms with Gasteiger partial charge >= 0.3 is 0 Å². The van der Waals surface area contributed by atoms with Crippen LogP contribution in [0.25, 0.3) is 10.9 Å². The van der Waals surface area contributed by atoms with Crippen LogP contribution < -0.4 is 11.1 Å². The molecule has 1 aromatic heterocycles. The van der Waals surface area contributed by atoms with Gasteiger partial charge in [0.15, 0.2) is 5.82 Å². The van der Waals surface area contributed by atoms with Crippen LogP contribution in [0.5, 0.6) is 0 Å². The number of halogens is 3. The van der Waals surface area contributed by atoms with Crippen molar-refractivity contribution in [1.82, 2.24) is 4.98 Å². The monoisotopic (exact) mass is 305 g/mol. The Balaban J connectivity index is 2.13. The van der Waals surface area contributed by atoms with E-state index in [0.29, 0.717) is 16.9 Å². The lowest BCUT2D eigenvalue weighted by atomic mass is 10.1. The van der Waals surface area contributed by atoms with Crippen LogP contribution in [0.4, 0.5) is 25.8 Å². The second-order valence-corrected chi connectivity index (χ2v) is 4.88. The predicted octanol–water partition coefficient (Wildman–Crippen LogP) is 4.49. The number of pyridine rings is 1. The van der Waals surface area contributed by atoms with Gasteiger partial charge in [-0.15, -0.1) is 0 Å². The Hall–Kier alpha value is -2.40. The maximum atomic E-state index is 13.8. The average molecular weight is 306 g/mol. The van der Waals surface area contributed by atoms with Crippen molar-refractivity contribution in [3.8, 4) is 0 Å². The molecule has 0 saturated heterocycles. The highest BCUT2D eigenvalue weighted by Gasteiger charge is 2.12. The first kappa shape index (κ1) is 13.6. The van der Waals surface area contributed by atoms with E-state index in [0.717, 1.165) is 17.5 Å². The molecule has 0 aliphatic heterocycles. The number of hydrogen-bond donors (Lipinski definition) is 2. The quantitative estimate of drug-likeness (QED) is 0.686. The zero-order valence-electron chi connectivity index (χ0n) is 10.7. The lowest BCUT2D eigenvalue weighted by Gasteiger charge is -2.13. The van der Waals surface area contributed by atoms with Gasteiger partial charge in [0, 0.05) is 23.3 Å². The van der Waals surface area contributed by atoms with Gasteiger partial charge in [0.25, 0.3) is 0 Å². The van der Waals surface area contributed by atoms with E-state index >= 15 is 0 Å². The first-order valence-electron chi connectivity index (χ1n) is 6.11. The normalized spacial score (nSPS) is 10.8. The molecule has 2 aromatic carbocycles. The number of nitrogens with one attached hydrogen (secondary N) is 1. The average Bonchev–Trinajstić information content (AvgIpc) is 2.45. The van der Waals surface area contributed by atoms with Gasteiger partial charge in [-0.2, -0.15) is 0 Å². The highest BCUT2D eigenvalue weighted by Crippen LogP contribution is 2.33. The molecular weight excluding hydrogens is 296 g/mol. The van der Waals surface area contributed by atoms with Crippen molar-refractivity contribution in [1.29, 1.82) is 0 Å². The van der Waals surface area contributed by atoms with Crippen LogP contribution in [-0.4, -0.2) is 4.98 Å². The minimum atomic E-state index is -0.770. The zero-order chi connectivity index (χ0) is 15.0. The van der Waals surface area contributed by atoms with Gasteiger partial charge in [-0.05, 0) is 30.3 Å². The number of anilines is 3. The highest BCUT2D eigenvalue weighted by molar-refractivity contribution is 6.33. The summed E-state index contributed by atoms with van der Waals surface area (Å²) in [4.78, 5) is 4.19. The summed E-state index contributed by atoms with van der Waals surface area (Å²) < 4.78 is 26.9. The lowest BCUT2D eigenvalue weighted by molar-refractivity contribution is 0.586. The van der Waals surface area contributed by atoms with Crippen LogP contribution in [0.15, 0.2) is 42.6 Å². The van der Waals surface area contributed by atoms with E-state index in [2.05, 4.69) is 10.3 Å². The van der Waals surface area contributed by atoms with Crippen LogP contribution in [0, 0.1) is 11.6 Å². The maximum Gasteiger partial charge on any atom is 0.151 e. The third-order valence-electron chi connectivity index (χ3n) is 3.07. The Morgan fingerprint density at radius 2 is 1.95 bits per heavy atom. The van der Waals surface area contributed by atoms with Gasteiger partial charge in [0.2, 0.25) is 0 Å².